The van der Waals surface area contributed by atoms with Crippen molar-refractivity contribution in [2.45, 2.75) is 32.4 Å². The van der Waals surface area contributed by atoms with Gasteiger partial charge in [-0.3, -0.25) is 9.79 Å². The van der Waals surface area contributed by atoms with Gasteiger partial charge < -0.3 is 26.0 Å². The molecule has 2 heterocycles. The SMILES string of the molecule is CN=C(NCc1cccc(OCC(N)=O)c1)NC1CCN(c2cccc(C)n2)CC1.I. The van der Waals surface area contributed by atoms with Gasteiger partial charge in [0.15, 0.2) is 12.6 Å². The zero-order valence-corrected chi connectivity index (χ0v) is 20.3. The molecule has 1 amide bonds. The minimum absolute atomic E-state index is 0. The fraction of sp³-hybridized carbons (Fsp3) is 0.409. The number of pyridine rings is 1. The van der Waals surface area contributed by atoms with Gasteiger partial charge in [0.25, 0.3) is 5.91 Å². The van der Waals surface area contributed by atoms with Gasteiger partial charge in [0.05, 0.1) is 0 Å². The highest BCUT2D eigenvalue weighted by Gasteiger charge is 2.21. The van der Waals surface area contributed by atoms with Gasteiger partial charge >= 0.3 is 0 Å². The van der Waals surface area contributed by atoms with Crippen molar-refractivity contribution in [2.75, 3.05) is 31.6 Å². The number of nitrogens with zero attached hydrogens (tertiary/aromatic N) is 3. The lowest BCUT2D eigenvalue weighted by Gasteiger charge is -2.34. The molecule has 0 atom stereocenters. The molecule has 1 saturated heterocycles. The molecule has 9 heteroatoms. The van der Waals surface area contributed by atoms with Crippen LogP contribution in [0.4, 0.5) is 5.82 Å². The van der Waals surface area contributed by atoms with Gasteiger partial charge in [-0.1, -0.05) is 18.2 Å². The van der Waals surface area contributed by atoms with Gasteiger partial charge in [0, 0.05) is 38.4 Å². The molecule has 1 aromatic heterocycles. The number of anilines is 1. The minimum atomic E-state index is -0.493. The Bertz CT molecular complexity index is 884. The Kier molecular flexibility index (Phi) is 9.83. The van der Waals surface area contributed by atoms with E-state index in [1.807, 2.05) is 31.2 Å². The highest BCUT2D eigenvalue weighted by atomic mass is 127. The largest absolute Gasteiger partial charge is 0.484 e. The number of primary amides is 1. The predicted molar refractivity (Wildman–Crippen MR) is 134 cm³/mol. The van der Waals surface area contributed by atoms with Crippen molar-refractivity contribution in [1.82, 2.24) is 15.6 Å². The first-order valence-corrected chi connectivity index (χ1v) is 10.2. The van der Waals surface area contributed by atoms with Gasteiger partial charge in [-0.15, -0.1) is 24.0 Å². The Labute approximate surface area is 200 Å². The molecule has 1 fully saturated rings. The number of hydrogen-bond donors (Lipinski definition) is 3. The van der Waals surface area contributed by atoms with Crippen LogP contribution in [-0.4, -0.2) is 49.6 Å². The Hall–Kier alpha value is -2.56. The van der Waals surface area contributed by atoms with E-state index in [2.05, 4.69) is 37.6 Å². The summed E-state index contributed by atoms with van der Waals surface area (Å²) >= 11 is 0. The number of benzene rings is 1. The van der Waals surface area contributed by atoms with E-state index in [-0.39, 0.29) is 30.6 Å². The molecular weight excluding hydrogens is 507 g/mol. The number of halogens is 1. The summed E-state index contributed by atoms with van der Waals surface area (Å²) in [5.41, 5.74) is 7.20. The smallest absolute Gasteiger partial charge is 0.255 e. The van der Waals surface area contributed by atoms with Gasteiger partial charge in [0.2, 0.25) is 0 Å². The molecule has 3 rings (SSSR count). The maximum Gasteiger partial charge on any atom is 0.255 e. The number of amides is 1. The van der Waals surface area contributed by atoms with E-state index >= 15 is 0 Å². The standard InChI is InChI=1S/C22H30N6O2.HI/c1-16-5-3-8-21(26-16)28-11-9-18(10-12-28)27-22(24-2)25-14-17-6-4-7-19(13-17)30-15-20(23)29;/h3-8,13,18H,9-12,14-15H2,1-2H3,(H2,23,29)(H2,24,25,27);1H. The minimum Gasteiger partial charge on any atom is -0.484 e. The Morgan fingerprint density at radius 2 is 2.00 bits per heavy atom. The number of rotatable bonds is 7. The summed E-state index contributed by atoms with van der Waals surface area (Å²) in [5.74, 6) is 1.94. The second-order valence-electron chi connectivity index (χ2n) is 7.37. The second-order valence-corrected chi connectivity index (χ2v) is 7.37. The van der Waals surface area contributed by atoms with Crippen molar-refractivity contribution in [2.24, 2.45) is 10.7 Å². The summed E-state index contributed by atoms with van der Waals surface area (Å²) in [5, 5.41) is 6.85. The normalized spacial score (nSPS) is 14.5. The number of nitrogens with two attached hydrogens (primary N) is 1. The topological polar surface area (TPSA) is 105 Å². The molecule has 0 unspecified atom stereocenters. The summed E-state index contributed by atoms with van der Waals surface area (Å²) in [7, 11) is 1.77. The summed E-state index contributed by atoms with van der Waals surface area (Å²) in [4.78, 5) is 22.2. The molecule has 4 N–H and O–H groups in total. The van der Waals surface area contributed by atoms with Crippen LogP contribution in [0.15, 0.2) is 47.5 Å². The third-order valence-corrected chi connectivity index (χ3v) is 5.00. The zero-order valence-electron chi connectivity index (χ0n) is 18.0. The van der Waals surface area contributed by atoms with Crippen LogP contribution < -0.4 is 26.0 Å². The molecule has 0 saturated carbocycles. The number of carbonyl (C=O) groups is 1. The molecule has 1 aliphatic heterocycles. The third-order valence-electron chi connectivity index (χ3n) is 5.00. The van der Waals surface area contributed by atoms with Crippen LogP contribution in [0.25, 0.3) is 0 Å². The first-order valence-electron chi connectivity index (χ1n) is 10.2. The maximum atomic E-state index is 10.9. The van der Waals surface area contributed by atoms with Crippen LogP contribution in [0.1, 0.15) is 24.1 Å². The molecule has 8 nitrogen and oxygen atoms in total. The summed E-state index contributed by atoms with van der Waals surface area (Å²) in [6.45, 7) is 4.41. The van der Waals surface area contributed by atoms with Crippen molar-refractivity contribution in [3.63, 3.8) is 0 Å². The molecule has 1 aliphatic rings. The number of aliphatic imine (C=N–C) groups is 1. The molecule has 0 spiro atoms. The van der Waals surface area contributed by atoms with E-state index in [4.69, 9.17) is 10.5 Å². The third kappa shape index (κ3) is 7.89. The lowest BCUT2D eigenvalue weighted by atomic mass is 10.1. The summed E-state index contributed by atoms with van der Waals surface area (Å²) in [6.07, 6.45) is 2.04. The quantitative estimate of drug-likeness (QED) is 0.284. The highest BCUT2D eigenvalue weighted by molar-refractivity contribution is 14.0. The van der Waals surface area contributed by atoms with Crippen LogP contribution in [0.3, 0.4) is 0 Å². The fourth-order valence-electron chi connectivity index (χ4n) is 3.43. The van der Waals surface area contributed by atoms with Crippen LogP contribution >= 0.6 is 24.0 Å². The van der Waals surface area contributed by atoms with Gasteiger partial charge in [-0.05, 0) is 49.6 Å². The van der Waals surface area contributed by atoms with E-state index in [9.17, 15) is 4.79 Å². The predicted octanol–water partition coefficient (Wildman–Crippen LogP) is 2.21. The highest BCUT2D eigenvalue weighted by Crippen LogP contribution is 2.18. The average molecular weight is 538 g/mol. The lowest BCUT2D eigenvalue weighted by molar-refractivity contribution is -0.119. The van der Waals surface area contributed by atoms with Crippen LogP contribution in [-0.2, 0) is 11.3 Å². The van der Waals surface area contributed by atoms with Crippen molar-refractivity contribution in [1.29, 1.82) is 0 Å². The number of guanidine groups is 1. The molecule has 0 radical (unpaired) electrons. The number of hydrogen-bond acceptors (Lipinski definition) is 5. The van der Waals surface area contributed by atoms with Crippen molar-refractivity contribution in [3.05, 3.63) is 53.7 Å². The Balaban J connectivity index is 0.00000341. The van der Waals surface area contributed by atoms with E-state index in [1.54, 1.807) is 13.1 Å². The van der Waals surface area contributed by atoms with Gasteiger partial charge in [-0.25, -0.2) is 4.98 Å². The average Bonchev–Trinajstić information content (AvgIpc) is 2.76. The Morgan fingerprint density at radius 3 is 2.68 bits per heavy atom. The number of ether oxygens (including phenoxy) is 1. The number of aromatic nitrogens is 1. The Morgan fingerprint density at radius 1 is 1.26 bits per heavy atom. The zero-order chi connectivity index (χ0) is 21.3. The molecule has 2 aromatic rings. The van der Waals surface area contributed by atoms with E-state index < -0.39 is 5.91 Å². The maximum absolute atomic E-state index is 10.9. The number of carbonyl (C=O) groups excluding carboxylic acids is 1. The first kappa shape index (κ1) is 24.7. The van der Waals surface area contributed by atoms with Gasteiger partial charge in [-0.2, -0.15) is 0 Å². The molecule has 168 valence electrons. The molecule has 0 aliphatic carbocycles. The molecular formula is C22H31IN6O2. The number of piperidine rings is 1. The number of aryl methyl sites for hydroxylation is 1. The summed E-state index contributed by atoms with van der Waals surface area (Å²) in [6, 6.07) is 14.1. The molecule has 1 aromatic carbocycles. The van der Waals surface area contributed by atoms with E-state index in [0.29, 0.717) is 18.3 Å². The molecule has 31 heavy (non-hydrogen) atoms. The monoisotopic (exact) mass is 538 g/mol. The van der Waals surface area contributed by atoms with Crippen LogP contribution in [0.5, 0.6) is 5.75 Å². The van der Waals surface area contributed by atoms with Crippen LogP contribution in [0, 0.1) is 6.92 Å². The van der Waals surface area contributed by atoms with Crippen LogP contribution in [0.2, 0.25) is 0 Å². The summed E-state index contributed by atoms with van der Waals surface area (Å²) < 4.78 is 5.36. The fourth-order valence-corrected chi connectivity index (χ4v) is 3.43. The van der Waals surface area contributed by atoms with E-state index in [0.717, 1.165) is 49.0 Å². The first-order chi connectivity index (χ1) is 14.5. The number of nitrogens with one attached hydrogen (secondary N) is 2. The van der Waals surface area contributed by atoms with Crippen molar-refractivity contribution >= 4 is 41.7 Å². The van der Waals surface area contributed by atoms with Gasteiger partial charge in [0.1, 0.15) is 11.6 Å². The van der Waals surface area contributed by atoms with Crippen molar-refractivity contribution < 1.29 is 9.53 Å². The lowest BCUT2D eigenvalue weighted by Crippen LogP contribution is -2.48. The van der Waals surface area contributed by atoms with Crippen molar-refractivity contribution in [3.8, 4) is 5.75 Å². The second kappa shape index (κ2) is 12.3. The molecule has 0 bridgehead atoms. The van der Waals surface area contributed by atoms with E-state index in [1.165, 1.54) is 0 Å².